The number of carbonyl (C=O) groups is 2. The van der Waals surface area contributed by atoms with Gasteiger partial charge in [0.05, 0.1) is 0 Å². The van der Waals surface area contributed by atoms with Crippen molar-refractivity contribution in [2.75, 3.05) is 0 Å². The van der Waals surface area contributed by atoms with E-state index in [4.69, 9.17) is 9.47 Å². The molecule has 0 aliphatic carbocycles. The summed E-state index contributed by atoms with van der Waals surface area (Å²) in [5, 5.41) is 0. The molecule has 0 saturated carbocycles. The molecule has 0 bridgehead atoms. The van der Waals surface area contributed by atoms with Gasteiger partial charge in [-0.15, -0.1) is 0 Å². The minimum atomic E-state index is -1.12. The molecule has 0 fully saturated rings. The third-order valence-electron chi connectivity index (χ3n) is 3.27. The molecule has 0 heterocycles. The lowest BCUT2D eigenvalue weighted by molar-refractivity contribution is -0.223. The van der Waals surface area contributed by atoms with Gasteiger partial charge in [-0.25, -0.2) is 0 Å². The molecule has 0 spiro atoms. The number of rotatable bonds is 11. The zero-order valence-corrected chi connectivity index (χ0v) is 13.5. The molecule has 20 heavy (non-hydrogen) atoms. The van der Waals surface area contributed by atoms with Crippen LogP contribution in [-0.4, -0.2) is 17.7 Å². The van der Waals surface area contributed by atoms with Crippen LogP contribution in [0.3, 0.4) is 0 Å². The van der Waals surface area contributed by atoms with Gasteiger partial charge in [-0.2, -0.15) is 0 Å². The van der Waals surface area contributed by atoms with E-state index in [0.29, 0.717) is 19.3 Å². The minimum Gasteiger partial charge on any atom is -0.423 e. The Balaban J connectivity index is 4.17. The van der Waals surface area contributed by atoms with Crippen molar-refractivity contribution in [3.05, 3.63) is 0 Å². The Kier molecular flexibility index (Phi) is 10.1. The Bertz CT molecular complexity index is 262. The number of hydrogen-bond acceptors (Lipinski definition) is 4. The molecule has 0 saturated heterocycles. The maximum Gasteiger partial charge on any atom is 0.309 e. The van der Waals surface area contributed by atoms with E-state index in [9.17, 15) is 9.59 Å². The third-order valence-corrected chi connectivity index (χ3v) is 3.27. The average Bonchev–Trinajstić information content (AvgIpc) is 2.39. The fourth-order valence-corrected chi connectivity index (χ4v) is 1.79. The molecule has 4 heteroatoms. The Hall–Kier alpha value is -1.06. The monoisotopic (exact) mass is 286 g/mol. The standard InChI is InChI=1S/C16H30O4/c1-5-8-10-12-14(17)19-16(4,7-3)20-15(18)13-11-9-6-2/h5-13H2,1-4H3. The second-order valence-corrected chi connectivity index (χ2v) is 5.35. The van der Waals surface area contributed by atoms with Crippen molar-refractivity contribution in [2.24, 2.45) is 0 Å². The molecule has 0 aliphatic rings. The first-order valence-electron chi connectivity index (χ1n) is 7.91. The second kappa shape index (κ2) is 10.7. The summed E-state index contributed by atoms with van der Waals surface area (Å²) in [6.07, 6.45) is 7.01. The predicted molar refractivity (Wildman–Crippen MR) is 79.2 cm³/mol. The highest BCUT2D eigenvalue weighted by atomic mass is 16.7. The summed E-state index contributed by atoms with van der Waals surface area (Å²) in [6, 6.07) is 0. The largest absolute Gasteiger partial charge is 0.423 e. The zero-order valence-electron chi connectivity index (χ0n) is 13.5. The Morgan fingerprint density at radius 1 is 0.800 bits per heavy atom. The molecule has 0 unspecified atom stereocenters. The fraction of sp³-hybridized carbons (Fsp3) is 0.875. The Labute approximate surface area is 123 Å². The molecule has 0 atom stereocenters. The quantitative estimate of drug-likeness (QED) is 0.322. The lowest BCUT2D eigenvalue weighted by Gasteiger charge is -2.28. The molecule has 4 nitrogen and oxygen atoms in total. The summed E-state index contributed by atoms with van der Waals surface area (Å²) in [6.45, 7) is 7.67. The normalized spacial score (nSPS) is 11.2. The van der Waals surface area contributed by atoms with Gasteiger partial charge in [0.15, 0.2) is 0 Å². The summed E-state index contributed by atoms with van der Waals surface area (Å²) in [7, 11) is 0. The summed E-state index contributed by atoms with van der Waals surface area (Å²) in [5.41, 5.74) is 0. The van der Waals surface area contributed by atoms with Crippen molar-refractivity contribution in [3.8, 4) is 0 Å². The van der Waals surface area contributed by atoms with Crippen molar-refractivity contribution >= 4 is 11.9 Å². The maximum atomic E-state index is 11.7. The molecule has 118 valence electrons. The molecule has 0 radical (unpaired) electrons. The van der Waals surface area contributed by atoms with Gasteiger partial charge in [0, 0.05) is 26.2 Å². The first-order chi connectivity index (χ1) is 9.47. The lowest BCUT2D eigenvalue weighted by atomic mass is 10.2. The van der Waals surface area contributed by atoms with Gasteiger partial charge >= 0.3 is 11.9 Å². The van der Waals surface area contributed by atoms with Crippen LogP contribution in [0.25, 0.3) is 0 Å². The SMILES string of the molecule is CCCCCC(=O)OC(C)(CC)OC(=O)CCCCC. The molecule has 0 aromatic rings. The summed E-state index contributed by atoms with van der Waals surface area (Å²) in [4.78, 5) is 23.4. The summed E-state index contributed by atoms with van der Waals surface area (Å²) in [5.74, 6) is -1.69. The summed E-state index contributed by atoms with van der Waals surface area (Å²) >= 11 is 0. The predicted octanol–water partition coefficient (Wildman–Crippen LogP) is 4.36. The van der Waals surface area contributed by atoms with E-state index in [-0.39, 0.29) is 11.9 Å². The van der Waals surface area contributed by atoms with E-state index in [1.807, 2.05) is 6.92 Å². The molecular weight excluding hydrogens is 256 g/mol. The highest BCUT2D eigenvalue weighted by Gasteiger charge is 2.30. The Morgan fingerprint density at radius 3 is 1.50 bits per heavy atom. The third kappa shape index (κ3) is 8.94. The molecule has 0 N–H and O–H groups in total. The average molecular weight is 286 g/mol. The number of ether oxygens (including phenoxy) is 2. The smallest absolute Gasteiger partial charge is 0.309 e. The minimum absolute atomic E-state index is 0.288. The van der Waals surface area contributed by atoms with Crippen molar-refractivity contribution < 1.29 is 19.1 Å². The highest BCUT2D eigenvalue weighted by Crippen LogP contribution is 2.20. The topological polar surface area (TPSA) is 52.6 Å². The van der Waals surface area contributed by atoms with Gasteiger partial charge in [-0.05, 0) is 12.8 Å². The van der Waals surface area contributed by atoms with E-state index in [1.165, 1.54) is 0 Å². The number of unbranched alkanes of at least 4 members (excludes halogenated alkanes) is 4. The van der Waals surface area contributed by atoms with Crippen LogP contribution in [0.5, 0.6) is 0 Å². The van der Waals surface area contributed by atoms with Crippen LogP contribution < -0.4 is 0 Å². The van der Waals surface area contributed by atoms with E-state index in [2.05, 4.69) is 13.8 Å². The van der Waals surface area contributed by atoms with Gasteiger partial charge in [0.2, 0.25) is 0 Å². The molecular formula is C16H30O4. The second-order valence-electron chi connectivity index (χ2n) is 5.35. The van der Waals surface area contributed by atoms with E-state index >= 15 is 0 Å². The number of hydrogen-bond donors (Lipinski definition) is 0. The molecule has 0 aliphatic heterocycles. The van der Waals surface area contributed by atoms with Gasteiger partial charge in [-0.3, -0.25) is 9.59 Å². The van der Waals surface area contributed by atoms with Crippen LogP contribution in [0.1, 0.15) is 85.5 Å². The van der Waals surface area contributed by atoms with Crippen LogP contribution in [0, 0.1) is 0 Å². The molecule has 0 aromatic carbocycles. The molecule has 0 rings (SSSR count). The maximum absolute atomic E-state index is 11.7. The summed E-state index contributed by atoms with van der Waals surface area (Å²) < 4.78 is 10.7. The lowest BCUT2D eigenvalue weighted by Crippen LogP contribution is -2.36. The van der Waals surface area contributed by atoms with Gasteiger partial charge in [-0.1, -0.05) is 46.5 Å². The fourth-order valence-electron chi connectivity index (χ4n) is 1.79. The highest BCUT2D eigenvalue weighted by molar-refractivity contribution is 5.72. The van der Waals surface area contributed by atoms with Crippen LogP contribution in [0.4, 0.5) is 0 Å². The first-order valence-corrected chi connectivity index (χ1v) is 7.91. The zero-order chi connectivity index (χ0) is 15.4. The molecule has 0 aromatic heterocycles. The van der Waals surface area contributed by atoms with Crippen LogP contribution in [0.2, 0.25) is 0 Å². The van der Waals surface area contributed by atoms with Crippen LogP contribution in [-0.2, 0) is 19.1 Å². The number of carbonyl (C=O) groups excluding carboxylic acids is 2. The molecule has 0 amide bonds. The van der Waals surface area contributed by atoms with Crippen molar-refractivity contribution in [1.29, 1.82) is 0 Å². The van der Waals surface area contributed by atoms with Crippen LogP contribution in [0.15, 0.2) is 0 Å². The van der Waals surface area contributed by atoms with E-state index in [1.54, 1.807) is 6.92 Å². The van der Waals surface area contributed by atoms with Gasteiger partial charge in [0.1, 0.15) is 0 Å². The van der Waals surface area contributed by atoms with E-state index in [0.717, 1.165) is 38.5 Å². The van der Waals surface area contributed by atoms with Gasteiger partial charge in [0.25, 0.3) is 5.79 Å². The van der Waals surface area contributed by atoms with Crippen molar-refractivity contribution in [2.45, 2.75) is 91.3 Å². The van der Waals surface area contributed by atoms with Gasteiger partial charge < -0.3 is 9.47 Å². The van der Waals surface area contributed by atoms with Crippen molar-refractivity contribution in [1.82, 2.24) is 0 Å². The van der Waals surface area contributed by atoms with Crippen molar-refractivity contribution in [3.63, 3.8) is 0 Å². The number of esters is 2. The van der Waals surface area contributed by atoms with E-state index < -0.39 is 5.79 Å². The Morgan fingerprint density at radius 2 is 1.20 bits per heavy atom. The van der Waals surface area contributed by atoms with Crippen LogP contribution >= 0.6 is 0 Å². The first kappa shape index (κ1) is 18.9.